The number of nitrogens with zero attached hydrogens (tertiary/aromatic N) is 2. The second-order valence-electron chi connectivity index (χ2n) is 8.80. The summed E-state index contributed by atoms with van der Waals surface area (Å²) in [5.74, 6) is -4.24. The number of carboxylic acid groups (broad SMARTS) is 2. The third kappa shape index (κ3) is 8.43. The monoisotopic (exact) mass is 590 g/mol. The van der Waals surface area contributed by atoms with Gasteiger partial charge in [-0.05, 0) is 32.4 Å². The lowest BCUT2D eigenvalue weighted by atomic mass is 9.99. The van der Waals surface area contributed by atoms with Gasteiger partial charge in [0.2, 0.25) is 0 Å². The topological polar surface area (TPSA) is 151 Å². The molecule has 0 fully saturated rings. The van der Waals surface area contributed by atoms with Crippen LogP contribution in [0.1, 0.15) is 42.0 Å². The third-order valence-corrected chi connectivity index (χ3v) is 5.79. The highest BCUT2D eigenvalue weighted by Crippen LogP contribution is 2.29. The van der Waals surface area contributed by atoms with Crippen molar-refractivity contribution in [1.82, 2.24) is 20.0 Å². The number of rotatable bonds is 9. The van der Waals surface area contributed by atoms with E-state index in [1.54, 1.807) is 20.8 Å². The zero-order valence-electron chi connectivity index (χ0n) is 22.2. The van der Waals surface area contributed by atoms with Crippen molar-refractivity contribution in [3.05, 3.63) is 59.0 Å². The van der Waals surface area contributed by atoms with E-state index in [4.69, 9.17) is 24.5 Å². The average molecular weight is 591 g/mol. The molecule has 1 aromatic carbocycles. The van der Waals surface area contributed by atoms with Crippen LogP contribution in [0.5, 0.6) is 11.5 Å². The van der Waals surface area contributed by atoms with E-state index >= 15 is 0 Å². The summed E-state index contributed by atoms with van der Waals surface area (Å²) in [6.07, 6.45) is -4.29. The maximum absolute atomic E-state index is 14.0. The van der Waals surface area contributed by atoms with Crippen LogP contribution in [0, 0.1) is 18.6 Å². The normalized spacial score (nSPS) is 12.5. The third-order valence-electron chi connectivity index (χ3n) is 5.79. The molecule has 16 heteroatoms. The molecule has 11 nitrogen and oxygen atoms in total. The molecule has 224 valence electrons. The van der Waals surface area contributed by atoms with Gasteiger partial charge < -0.3 is 30.3 Å². The van der Waals surface area contributed by atoms with Crippen LogP contribution in [0.25, 0.3) is 5.65 Å². The molecule has 0 aliphatic heterocycles. The summed E-state index contributed by atoms with van der Waals surface area (Å²) in [5.41, 5.74) is -0.302. The zero-order chi connectivity index (χ0) is 31.1. The summed E-state index contributed by atoms with van der Waals surface area (Å²) in [4.78, 5) is 37.4. The van der Waals surface area contributed by atoms with Gasteiger partial charge in [-0.1, -0.05) is 13.0 Å². The van der Waals surface area contributed by atoms with Crippen LogP contribution < -0.4 is 20.1 Å². The Bertz CT molecular complexity index is 1410. The molecule has 2 aromatic heterocycles. The number of ether oxygens (including phenoxy) is 2. The van der Waals surface area contributed by atoms with Crippen molar-refractivity contribution in [2.24, 2.45) is 0 Å². The number of nitrogens with one attached hydrogen (secondary N) is 2. The highest BCUT2D eigenvalue weighted by Gasteiger charge is 2.38. The van der Waals surface area contributed by atoms with E-state index in [1.807, 2.05) is 0 Å². The molecule has 0 spiro atoms. The average Bonchev–Trinajstić information content (AvgIpc) is 3.22. The number of methoxy groups -OCH3 is 1. The number of amides is 2. The van der Waals surface area contributed by atoms with Crippen LogP contribution in [0.2, 0.25) is 0 Å². The molecule has 1 unspecified atom stereocenters. The second kappa shape index (κ2) is 13.1. The van der Waals surface area contributed by atoms with Crippen LogP contribution >= 0.6 is 0 Å². The maximum Gasteiger partial charge on any atom is 0.490 e. The van der Waals surface area contributed by atoms with E-state index < -0.39 is 47.9 Å². The predicted molar refractivity (Wildman–Crippen MR) is 133 cm³/mol. The first-order valence-electron chi connectivity index (χ1n) is 11.7. The highest BCUT2D eigenvalue weighted by atomic mass is 19.4. The number of benzene rings is 1. The first-order valence-corrected chi connectivity index (χ1v) is 11.7. The molecule has 41 heavy (non-hydrogen) atoms. The maximum atomic E-state index is 14.0. The first-order chi connectivity index (χ1) is 19.0. The van der Waals surface area contributed by atoms with Crippen molar-refractivity contribution in [2.45, 2.75) is 45.5 Å². The molecule has 0 saturated carbocycles. The van der Waals surface area contributed by atoms with Crippen LogP contribution in [0.4, 0.5) is 26.7 Å². The molecule has 0 bridgehead atoms. The van der Waals surface area contributed by atoms with Crippen LogP contribution in [0.15, 0.2) is 30.5 Å². The van der Waals surface area contributed by atoms with Gasteiger partial charge in [0.25, 0.3) is 5.91 Å². The molecule has 0 aliphatic rings. The highest BCUT2D eigenvalue weighted by molar-refractivity contribution is 5.95. The van der Waals surface area contributed by atoms with Crippen molar-refractivity contribution >= 4 is 23.6 Å². The lowest BCUT2D eigenvalue weighted by Gasteiger charge is -2.28. The number of carbonyl (C=O) groups is 3. The Labute approximate surface area is 229 Å². The lowest BCUT2D eigenvalue weighted by Crippen LogP contribution is -2.52. The van der Waals surface area contributed by atoms with Crippen molar-refractivity contribution in [1.29, 1.82) is 0 Å². The minimum absolute atomic E-state index is 0.0429. The number of aliphatic carboxylic acids is 1. The second-order valence-corrected chi connectivity index (χ2v) is 8.80. The Kier molecular flexibility index (Phi) is 10.4. The Balaban J connectivity index is 0.000000745. The fourth-order valence-electron chi connectivity index (χ4n) is 3.39. The number of hydrogen-bond acceptors (Lipinski definition) is 6. The summed E-state index contributed by atoms with van der Waals surface area (Å²) in [7, 11) is 1.43. The lowest BCUT2D eigenvalue weighted by molar-refractivity contribution is -0.192. The minimum Gasteiger partial charge on any atom is -0.495 e. The van der Waals surface area contributed by atoms with Gasteiger partial charge in [0.15, 0.2) is 11.4 Å². The molecular formula is C25H27F5N4O7. The van der Waals surface area contributed by atoms with Gasteiger partial charge in [0.1, 0.15) is 29.7 Å². The van der Waals surface area contributed by atoms with Crippen molar-refractivity contribution in [3.8, 4) is 11.5 Å². The smallest absolute Gasteiger partial charge is 0.490 e. The summed E-state index contributed by atoms with van der Waals surface area (Å²) >= 11 is 0. The number of fused-ring (bicyclic) bond motifs is 1. The van der Waals surface area contributed by atoms with Gasteiger partial charge >= 0.3 is 18.2 Å². The van der Waals surface area contributed by atoms with Gasteiger partial charge in [-0.25, -0.2) is 23.4 Å². The summed E-state index contributed by atoms with van der Waals surface area (Å²) in [5, 5.41) is 21.3. The van der Waals surface area contributed by atoms with Crippen LogP contribution in [0.3, 0.4) is 0 Å². The Morgan fingerprint density at radius 3 is 2.20 bits per heavy atom. The molecule has 4 N–H and O–H groups in total. The van der Waals surface area contributed by atoms with Crippen molar-refractivity contribution < 1.29 is 56.0 Å². The van der Waals surface area contributed by atoms with Gasteiger partial charge in [0, 0.05) is 12.6 Å². The molecule has 2 amide bonds. The molecule has 3 rings (SSSR count). The van der Waals surface area contributed by atoms with Crippen molar-refractivity contribution in [2.75, 3.05) is 13.7 Å². The van der Waals surface area contributed by atoms with Crippen LogP contribution in [-0.4, -0.2) is 62.9 Å². The van der Waals surface area contributed by atoms with E-state index in [0.29, 0.717) is 17.9 Å². The van der Waals surface area contributed by atoms with Gasteiger partial charge in [0.05, 0.1) is 30.1 Å². The molecule has 0 aliphatic carbocycles. The van der Waals surface area contributed by atoms with Gasteiger partial charge in [-0.15, -0.1) is 0 Å². The Morgan fingerprint density at radius 2 is 1.71 bits per heavy atom. The SMILES string of the molecule is CCC(C)(CNC(=O)c1c(C)nc2c(OCc3c(F)cccc3F)cc(OC)cn12)NC(=O)O.O=C(O)C(F)(F)F. The fourth-order valence-corrected chi connectivity index (χ4v) is 3.39. The summed E-state index contributed by atoms with van der Waals surface area (Å²) in [6.45, 7) is 4.75. The number of alkyl halides is 3. The largest absolute Gasteiger partial charge is 0.495 e. The number of aryl methyl sites for hydroxylation is 1. The van der Waals surface area contributed by atoms with E-state index in [-0.39, 0.29) is 29.2 Å². The van der Waals surface area contributed by atoms with E-state index in [1.165, 1.54) is 29.8 Å². The number of halogens is 5. The van der Waals surface area contributed by atoms with Crippen molar-refractivity contribution in [3.63, 3.8) is 0 Å². The first kappa shape index (κ1) is 32.6. The van der Waals surface area contributed by atoms with Crippen LogP contribution in [-0.2, 0) is 11.4 Å². The molecule has 1 atom stereocenters. The molecule has 3 aromatic rings. The number of carboxylic acids is 1. The van der Waals surface area contributed by atoms with E-state index in [2.05, 4.69) is 15.6 Å². The number of imidazole rings is 1. The standard InChI is InChI=1S/C23H26F2N4O5.C2HF3O2/c1-5-23(3,28-22(31)32)12-26-21(30)19-13(2)27-20-18(9-14(33-4)10-29(19)20)34-11-15-16(24)7-6-8-17(15)25;3-2(4,5)1(6)7/h6-10,28H,5,11-12H2,1-4H3,(H,26,30)(H,31,32);(H,6,7). The van der Waals surface area contributed by atoms with E-state index in [0.717, 1.165) is 12.1 Å². The number of pyridine rings is 1. The predicted octanol–water partition coefficient (Wildman–Crippen LogP) is 4.31. The zero-order valence-corrected chi connectivity index (χ0v) is 22.2. The molecule has 0 saturated heterocycles. The molecular weight excluding hydrogens is 563 g/mol. The minimum atomic E-state index is -5.08. The number of carbonyl (C=O) groups excluding carboxylic acids is 1. The van der Waals surface area contributed by atoms with E-state index in [9.17, 15) is 31.5 Å². The number of hydrogen-bond donors (Lipinski definition) is 4. The summed E-state index contributed by atoms with van der Waals surface area (Å²) < 4.78 is 72.2. The molecule has 2 heterocycles. The Morgan fingerprint density at radius 1 is 1.12 bits per heavy atom. The quantitative estimate of drug-likeness (QED) is 0.269. The number of aromatic nitrogens is 2. The van der Waals surface area contributed by atoms with Gasteiger partial charge in [-0.3, -0.25) is 9.20 Å². The fraction of sp³-hybridized carbons (Fsp3) is 0.360. The summed E-state index contributed by atoms with van der Waals surface area (Å²) in [6, 6.07) is 5.03. The molecule has 0 radical (unpaired) electrons. The van der Waals surface area contributed by atoms with Gasteiger partial charge in [-0.2, -0.15) is 13.2 Å². The Hall–Kier alpha value is -4.63.